The van der Waals surface area contributed by atoms with Crippen molar-refractivity contribution in [2.45, 2.75) is 26.1 Å². The van der Waals surface area contributed by atoms with Crippen molar-refractivity contribution >= 4 is 11.6 Å². The molecule has 0 spiro atoms. The summed E-state index contributed by atoms with van der Waals surface area (Å²) in [6.45, 7) is 3.50. The summed E-state index contributed by atoms with van der Waals surface area (Å²) < 4.78 is 38.2. The average Bonchev–Trinajstić information content (AvgIpc) is 2.34. The maximum atomic E-state index is 12.7. The molecule has 0 aromatic heterocycles. The summed E-state index contributed by atoms with van der Waals surface area (Å²) in [5.74, 6) is -0.257. The van der Waals surface area contributed by atoms with Crippen LogP contribution in [0, 0.1) is 0 Å². The van der Waals surface area contributed by atoms with Crippen LogP contribution in [0.2, 0.25) is 0 Å². The molecule has 0 aliphatic carbocycles. The SMILES string of the molecule is CC(C)N(C)C(=O)CNc1ccccc1C(F)(F)F. The number of para-hydroxylation sites is 1. The molecule has 1 N–H and O–H groups in total. The standard InChI is InChI=1S/C13H17F3N2O/c1-9(2)18(3)12(19)8-17-11-7-5-4-6-10(11)13(14,15)16/h4-7,9,17H,8H2,1-3H3. The third-order valence-electron chi connectivity index (χ3n) is 2.83. The summed E-state index contributed by atoms with van der Waals surface area (Å²) >= 11 is 0. The van der Waals surface area contributed by atoms with E-state index in [0.29, 0.717) is 0 Å². The second-order valence-corrected chi connectivity index (χ2v) is 4.50. The normalized spacial score (nSPS) is 11.5. The Kier molecular flexibility index (Phi) is 4.80. The van der Waals surface area contributed by atoms with Gasteiger partial charge in [0.15, 0.2) is 0 Å². The highest BCUT2D eigenvalue weighted by molar-refractivity contribution is 5.81. The number of rotatable bonds is 4. The monoisotopic (exact) mass is 274 g/mol. The average molecular weight is 274 g/mol. The minimum absolute atomic E-state index is 0.00663. The Bertz CT molecular complexity index is 444. The predicted octanol–water partition coefficient (Wildman–Crippen LogP) is 2.98. The van der Waals surface area contributed by atoms with Gasteiger partial charge in [-0.25, -0.2) is 0 Å². The molecule has 0 heterocycles. The lowest BCUT2D eigenvalue weighted by Gasteiger charge is -2.22. The molecule has 0 aliphatic rings. The molecule has 106 valence electrons. The van der Waals surface area contributed by atoms with E-state index in [1.165, 1.54) is 23.1 Å². The number of amides is 1. The largest absolute Gasteiger partial charge is 0.418 e. The van der Waals surface area contributed by atoms with Crippen LogP contribution in [0.4, 0.5) is 18.9 Å². The molecule has 1 aromatic carbocycles. The number of benzene rings is 1. The Morgan fingerprint density at radius 2 is 1.89 bits per heavy atom. The summed E-state index contributed by atoms with van der Waals surface area (Å²) in [6.07, 6.45) is -4.43. The van der Waals surface area contributed by atoms with E-state index in [-0.39, 0.29) is 24.2 Å². The van der Waals surface area contributed by atoms with E-state index >= 15 is 0 Å². The number of carbonyl (C=O) groups excluding carboxylic acids is 1. The van der Waals surface area contributed by atoms with Crippen LogP contribution in [0.3, 0.4) is 0 Å². The van der Waals surface area contributed by atoms with Crippen molar-refractivity contribution in [2.75, 3.05) is 18.9 Å². The van der Waals surface area contributed by atoms with Crippen LogP contribution in [0.15, 0.2) is 24.3 Å². The van der Waals surface area contributed by atoms with Gasteiger partial charge in [-0.1, -0.05) is 12.1 Å². The Hall–Kier alpha value is -1.72. The predicted molar refractivity (Wildman–Crippen MR) is 67.8 cm³/mol. The zero-order valence-electron chi connectivity index (χ0n) is 11.1. The van der Waals surface area contributed by atoms with Gasteiger partial charge in [-0.3, -0.25) is 4.79 Å². The molecule has 0 atom stereocenters. The van der Waals surface area contributed by atoms with Gasteiger partial charge < -0.3 is 10.2 Å². The summed E-state index contributed by atoms with van der Waals surface area (Å²) in [6, 6.07) is 5.11. The molecule has 0 fully saturated rings. The molecule has 0 radical (unpaired) electrons. The molecule has 3 nitrogen and oxygen atoms in total. The molecule has 1 aromatic rings. The Morgan fingerprint density at radius 1 is 1.32 bits per heavy atom. The van der Waals surface area contributed by atoms with Gasteiger partial charge in [0, 0.05) is 18.8 Å². The van der Waals surface area contributed by atoms with Crippen molar-refractivity contribution < 1.29 is 18.0 Å². The Labute approximate surface area is 110 Å². The van der Waals surface area contributed by atoms with Crippen molar-refractivity contribution in [1.29, 1.82) is 0 Å². The van der Waals surface area contributed by atoms with Crippen LogP contribution in [-0.2, 0) is 11.0 Å². The summed E-state index contributed by atoms with van der Waals surface area (Å²) in [7, 11) is 1.62. The zero-order valence-corrected chi connectivity index (χ0v) is 11.1. The number of nitrogens with zero attached hydrogens (tertiary/aromatic N) is 1. The third-order valence-corrected chi connectivity index (χ3v) is 2.83. The summed E-state index contributed by atoms with van der Waals surface area (Å²) in [5, 5.41) is 2.54. The van der Waals surface area contributed by atoms with Crippen molar-refractivity contribution in [2.24, 2.45) is 0 Å². The van der Waals surface area contributed by atoms with E-state index < -0.39 is 11.7 Å². The van der Waals surface area contributed by atoms with Crippen LogP contribution in [0.1, 0.15) is 19.4 Å². The number of anilines is 1. The maximum Gasteiger partial charge on any atom is 0.418 e. The molecule has 1 rings (SSSR count). The van der Waals surface area contributed by atoms with Crippen LogP contribution in [0.25, 0.3) is 0 Å². The molecule has 19 heavy (non-hydrogen) atoms. The molecular weight excluding hydrogens is 257 g/mol. The lowest BCUT2D eigenvalue weighted by atomic mass is 10.1. The van der Waals surface area contributed by atoms with Gasteiger partial charge in [0.25, 0.3) is 0 Å². The molecule has 1 amide bonds. The molecule has 0 saturated carbocycles. The van der Waals surface area contributed by atoms with E-state index in [1.807, 2.05) is 13.8 Å². The Balaban J connectivity index is 2.77. The van der Waals surface area contributed by atoms with Crippen LogP contribution in [-0.4, -0.2) is 30.4 Å². The highest BCUT2D eigenvalue weighted by Gasteiger charge is 2.33. The first kappa shape index (κ1) is 15.3. The Morgan fingerprint density at radius 3 is 2.42 bits per heavy atom. The van der Waals surface area contributed by atoms with Crippen LogP contribution in [0.5, 0.6) is 0 Å². The van der Waals surface area contributed by atoms with Gasteiger partial charge in [-0.05, 0) is 26.0 Å². The number of carbonyl (C=O) groups is 1. The minimum atomic E-state index is -4.43. The van der Waals surface area contributed by atoms with Gasteiger partial charge in [-0.2, -0.15) is 13.2 Å². The highest BCUT2D eigenvalue weighted by atomic mass is 19.4. The maximum absolute atomic E-state index is 12.7. The lowest BCUT2D eigenvalue weighted by molar-refractivity contribution is -0.137. The quantitative estimate of drug-likeness (QED) is 0.915. The topological polar surface area (TPSA) is 32.3 Å². The van der Waals surface area contributed by atoms with E-state index in [0.717, 1.165) is 6.07 Å². The van der Waals surface area contributed by atoms with Crippen LogP contribution >= 0.6 is 0 Å². The van der Waals surface area contributed by atoms with Crippen molar-refractivity contribution in [3.63, 3.8) is 0 Å². The fraction of sp³-hybridized carbons (Fsp3) is 0.462. The van der Waals surface area contributed by atoms with Crippen molar-refractivity contribution in [3.05, 3.63) is 29.8 Å². The first-order valence-corrected chi connectivity index (χ1v) is 5.89. The second-order valence-electron chi connectivity index (χ2n) is 4.50. The number of hydrogen-bond acceptors (Lipinski definition) is 2. The number of hydrogen-bond donors (Lipinski definition) is 1. The van der Waals surface area contributed by atoms with Crippen molar-refractivity contribution in [1.82, 2.24) is 4.90 Å². The molecule has 0 bridgehead atoms. The molecule has 0 unspecified atom stereocenters. The molecule has 0 aliphatic heterocycles. The summed E-state index contributed by atoms with van der Waals surface area (Å²) in [4.78, 5) is 13.2. The van der Waals surface area contributed by atoms with E-state index in [2.05, 4.69) is 5.32 Å². The van der Waals surface area contributed by atoms with Gasteiger partial charge in [0.1, 0.15) is 0 Å². The fourth-order valence-electron chi connectivity index (χ4n) is 1.47. The van der Waals surface area contributed by atoms with Gasteiger partial charge in [0.05, 0.1) is 12.1 Å². The van der Waals surface area contributed by atoms with Gasteiger partial charge in [-0.15, -0.1) is 0 Å². The third kappa shape index (κ3) is 4.15. The van der Waals surface area contributed by atoms with E-state index in [1.54, 1.807) is 7.05 Å². The summed E-state index contributed by atoms with van der Waals surface area (Å²) in [5.41, 5.74) is -0.851. The highest BCUT2D eigenvalue weighted by Crippen LogP contribution is 2.34. The molecule has 0 saturated heterocycles. The van der Waals surface area contributed by atoms with Crippen LogP contribution < -0.4 is 5.32 Å². The first-order chi connectivity index (χ1) is 8.73. The van der Waals surface area contributed by atoms with E-state index in [4.69, 9.17) is 0 Å². The van der Waals surface area contributed by atoms with E-state index in [9.17, 15) is 18.0 Å². The fourth-order valence-corrected chi connectivity index (χ4v) is 1.47. The van der Waals surface area contributed by atoms with Crippen molar-refractivity contribution in [3.8, 4) is 0 Å². The first-order valence-electron chi connectivity index (χ1n) is 5.89. The molecular formula is C13H17F3N2O. The lowest BCUT2D eigenvalue weighted by Crippen LogP contribution is -2.37. The van der Waals surface area contributed by atoms with Gasteiger partial charge >= 0.3 is 6.18 Å². The number of halogens is 3. The second kappa shape index (κ2) is 5.95. The minimum Gasteiger partial charge on any atom is -0.376 e. The molecule has 6 heteroatoms. The smallest absolute Gasteiger partial charge is 0.376 e. The number of alkyl halides is 3. The zero-order chi connectivity index (χ0) is 14.6. The van der Waals surface area contributed by atoms with Gasteiger partial charge in [0.2, 0.25) is 5.91 Å². The number of nitrogens with one attached hydrogen (secondary N) is 1. The number of likely N-dealkylation sites (N-methyl/N-ethyl adjacent to an activating group) is 1.